The largest absolute Gasteiger partial charge is 0.476 e. The molecule has 10 heteroatoms. The van der Waals surface area contributed by atoms with Gasteiger partial charge in [-0.25, -0.2) is 15.8 Å². The average molecular weight is 495 g/mol. The first-order valence-electron chi connectivity index (χ1n) is 12.0. The standard InChI is InChI=1S/C26H34N6O4/c1-26(2,3)17-36-23-21(16-29-22(15-27)30-23)25(34)32(28)24(33)20-7-5-18(6-8-20)19-9-11-31(12-10-19)13-14-35-4/h5-8,16,19H,9-14,17,28H2,1-4H3. The van der Waals surface area contributed by atoms with Crippen LogP contribution < -0.4 is 10.6 Å². The summed E-state index contributed by atoms with van der Waals surface area (Å²) in [6.07, 6.45) is 3.23. The van der Waals surface area contributed by atoms with Crippen molar-refractivity contribution in [2.45, 2.75) is 39.5 Å². The molecular formula is C26H34N6O4. The summed E-state index contributed by atoms with van der Waals surface area (Å²) < 4.78 is 10.8. The van der Waals surface area contributed by atoms with E-state index >= 15 is 0 Å². The molecule has 0 spiro atoms. The number of amides is 2. The summed E-state index contributed by atoms with van der Waals surface area (Å²) in [6, 6.07) is 9.04. The zero-order valence-corrected chi connectivity index (χ0v) is 21.4. The Bertz CT molecular complexity index is 1100. The number of nitriles is 1. The van der Waals surface area contributed by atoms with Crippen molar-refractivity contribution < 1.29 is 19.1 Å². The van der Waals surface area contributed by atoms with E-state index in [1.54, 1.807) is 19.2 Å². The fourth-order valence-electron chi connectivity index (χ4n) is 3.93. The number of hydrazine groups is 1. The molecule has 0 unspecified atom stereocenters. The summed E-state index contributed by atoms with van der Waals surface area (Å²) in [7, 11) is 1.71. The summed E-state index contributed by atoms with van der Waals surface area (Å²) in [6.45, 7) is 9.77. The molecular weight excluding hydrogens is 460 g/mol. The molecule has 2 heterocycles. The van der Waals surface area contributed by atoms with Gasteiger partial charge in [0.05, 0.1) is 13.2 Å². The van der Waals surface area contributed by atoms with Gasteiger partial charge in [-0.05, 0) is 55.0 Å². The second-order valence-corrected chi connectivity index (χ2v) is 10.1. The van der Waals surface area contributed by atoms with Gasteiger partial charge in [-0.1, -0.05) is 32.9 Å². The van der Waals surface area contributed by atoms with E-state index in [1.807, 2.05) is 39.0 Å². The van der Waals surface area contributed by atoms with Gasteiger partial charge in [0.25, 0.3) is 11.8 Å². The smallest absolute Gasteiger partial charge is 0.282 e. The van der Waals surface area contributed by atoms with Crippen molar-refractivity contribution >= 4 is 11.8 Å². The zero-order chi connectivity index (χ0) is 26.3. The average Bonchev–Trinajstić information content (AvgIpc) is 2.89. The molecule has 0 aliphatic carbocycles. The number of methoxy groups -OCH3 is 1. The molecule has 2 aromatic rings. The molecule has 0 saturated carbocycles. The number of hydrogen-bond donors (Lipinski definition) is 1. The van der Waals surface area contributed by atoms with Crippen molar-refractivity contribution in [2.75, 3.05) is 40.0 Å². The molecule has 1 aromatic heterocycles. The van der Waals surface area contributed by atoms with Crippen molar-refractivity contribution in [2.24, 2.45) is 11.3 Å². The number of imide groups is 1. The van der Waals surface area contributed by atoms with Gasteiger partial charge in [0.15, 0.2) is 0 Å². The Hall–Kier alpha value is -3.39. The van der Waals surface area contributed by atoms with Crippen molar-refractivity contribution in [1.29, 1.82) is 5.26 Å². The topological polar surface area (TPSA) is 135 Å². The number of carbonyl (C=O) groups is 2. The number of nitrogens with two attached hydrogens (primary N) is 1. The molecule has 2 N–H and O–H groups in total. The molecule has 1 fully saturated rings. The van der Waals surface area contributed by atoms with E-state index in [2.05, 4.69) is 14.9 Å². The molecule has 10 nitrogen and oxygen atoms in total. The highest BCUT2D eigenvalue weighted by Crippen LogP contribution is 2.28. The lowest BCUT2D eigenvalue weighted by Crippen LogP contribution is -2.43. The monoisotopic (exact) mass is 494 g/mol. The maximum Gasteiger partial charge on any atom is 0.282 e. The fraction of sp³-hybridized carbons (Fsp3) is 0.500. The summed E-state index contributed by atoms with van der Waals surface area (Å²) in [4.78, 5) is 36.3. The van der Waals surface area contributed by atoms with Gasteiger partial charge in [-0.2, -0.15) is 10.2 Å². The number of ether oxygens (including phenoxy) is 2. The number of benzene rings is 1. The van der Waals surface area contributed by atoms with Gasteiger partial charge in [-0.3, -0.25) is 9.59 Å². The van der Waals surface area contributed by atoms with Crippen LogP contribution in [0.5, 0.6) is 5.88 Å². The molecule has 0 atom stereocenters. The lowest BCUT2D eigenvalue weighted by Gasteiger charge is -2.32. The Kier molecular flexibility index (Phi) is 9.09. The highest BCUT2D eigenvalue weighted by molar-refractivity contribution is 6.10. The molecule has 0 radical (unpaired) electrons. The molecule has 1 saturated heterocycles. The molecule has 1 aliphatic heterocycles. The summed E-state index contributed by atoms with van der Waals surface area (Å²) >= 11 is 0. The number of likely N-dealkylation sites (tertiary alicyclic amines) is 1. The summed E-state index contributed by atoms with van der Waals surface area (Å²) in [5, 5.41) is 9.64. The molecule has 36 heavy (non-hydrogen) atoms. The number of hydrogen-bond acceptors (Lipinski definition) is 9. The maximum atomic E-state index is 13.0. The van der Waals surface area contributed by atoms with Crippen molar-refractivity contribution in [1.82, 2.24) is 19.9 Å². The summed E-state index contributed by atoms with van der Waals surface area (Å²) in [5.74, 6) is 4.63. The van der Waals surface area contributed by atoms with Crippen LogP contribution in [0.2, 0.25) is 0 Å². The van der Waals surface area contributed by atoms with E-state index in [0.717, 1.165) is 50.8 Å². The van der Waals surface area contributed by atoms with E-state index in [4.69, 9.17) is 20.6 Å². The highest BCUT2D eigenvalue weighted by atomic mass is 16.5. The van der Waals surface area contributed by atoms with Crippen LogP contribution in [0.15, 0.2) is 30.5 Å². The lowest BCUT2D eigenvalue weighted by molar-refractivity contribution is 0.0610. The van der Waals surface area contributed by atoms with Gasteiger partial charge in [0.2, 0.25) is 11.7 Å². The van der Waals surface area contributed by atoms with Gasteiger partial charge < -0.3 is 14.4 Å². The Morgan fingerprint density at radius 1 is 1.19 bits per heavy atom. The van der Waals surface area contributed by atoms with E-state index in [1.165, 1.54) is 0 Å². The van der Waals surface area contributed by atoms with Crippen LogP contribution in [0.1, 0.15) is 71.6 Å². The second kappa shape index (κ2) is 12.0. The van der Waals surface area contributed by atoms with Crippen LogP contribution in [0.3, 0.4) is 0 Å². The van der Waals surface area contributed by atoms with Crippen molar-refractivity contribution in [3.8, 4) is 11.9 Å². The highest BCUT2D eigenvalue weighted by Gasteiger charge is 2.27. The van der Waals surface area contributed by atoms with E-state index in [0.29, 0.717) is 16.5 Å². The van der Waals surface area contributed by atoms with Crippen LogP contribution in [-0.2, 0) is 4.74 Å². The van der Waals surface area contributed by atoms with E-state index in [-0.39, 0.29) is 29.3 Å². The first kappa shape index (κ1) is 27.2. The Labute approximate surface area is 212 Å². The Morgan fingerprint density at radius 2 is 1.86 bits per heavy atom. The van der Waals surface area contributed by atoms with E-state index < -0.39 is 11.8 Å². The van der Waals surface area contributed by atoms with Gasteiger partial charge in [0, 0.05) is 25.4 Å². The predicted molar refractivity (Wildman–Crippen MR) is 133 cm³/mol. The van der Waals surface area contributed by atoms with Crippen LogP contribution in [0.25, 0.3) is 0 Å². The molecule has 2 amide bonds. The van der Waals surface area contributed by atoms with Gasteiger partial charge >= 0.3 is 0 Å². The maximum absolute atomic E-state index is 13.0. The number of nitrogens with zero attached hydrogens (tertiary/aromatic N) is 5. The van der Waals surface area contributed by atoms with Crippen LogP contribution in [0, 0.1) is 16.7 Å². The normalized spacial score (nSPS) is 14.8. The first-order chi connectivity index (χ1) is 17.1. The third-order valence-corrected chi connectivity index (χ3v) is 5.99. The van der Waals surface area contributed by atoms with Crippen molar-refractivity contribution in [3.63, 3.8) is 0 Å². The minimum atomic E-state index is -0.819. The molecule has 0 bridgehead atoms. The minimum absolute atomic E-state index is 0.0862. The van der Waals surface area contributed by atoms with Crippen LogP contribution in [0.4, 0.5) is 0 Å². The Balaban J connectivity index is 1.69. The number of carbonyl (C=O) groups excluding carboxylic acids is 2. The summed E-state index contributed by atoms with van der Waals surface area (Å²) in [5.41, 5.74) is 1.13. The van der Waals surface area contributed by atoms with Crippen LogP contribution in [-0.4, -0.2) is 71.6 Å². The number of rotatable bonds is 8. The van der Waals surface area contributed by atoms with Gasteiger partial charge in [-0.15, -0.1) is 0 Å². The molecule has 3 rings (SSSR count). The molecule has 1 aromatic carbocycles. The Morgan fingerprint density at radius 3 is 2.44 bits per heavy atom. The third-order valence-electron chi connectivity index (χ3n) is 5.99. The number of piperidine rings is 1. The first-order valence-corrected chi connectivity index (χ1v) is 12.0. The molecule has 1 aliphatic rings. The van der Waals surface area contributed by atoms with E-state index in [9.17, 15) is 9.59 Å². The fourth-order valence-corrected chi connectivity index (χ4v) is 3.93. The number of aromatic nitrogens is 2. The van der Waals surface area contributed by atoms with Crippen molar-refractivity contribution in [3.05, 3.63) is 53.0 Å². The minimum Gasteiger partial charge on any atom is -0.476 e. The van der Waals surface area contributed by atoms with Gasteiger partial charge in [0.1, 0.15) is 11.6 Å². The zero-order valence-electron chi connectivity index (χ0n) is 21.4. The quantitative estimate of drug-likeness (QED) is 0.254. The molecule has 192 valence electrons. The second-order valence-electron chi connectivity index (χ2n) is 10.1. The predicted octanol–water partition coefficient (Wildman–Crippen LogP) is 2.76. The third kappa shape index (κ3) is 7.07. The lowest BCUT2D eigenvalue weighted by atomic mass is 9.89. The SMILES string of the molecule is COCCN1CCC(c2ccc(C(=O)N(N)C(=O)c3cnc(C#N)nc3OCC(C)(C)C)cc2)CC1. The van der Waals surface area contributed by atoms with Crippen LogP contribution >= 0.6 is 0 Å².